The van der Waals surface area contributed by atoms with Gasteiger partial charge in [0.05, 0.1) is 0 Å². The lowest BCUT2D eigenvalue weighted by atomic mass is 9.97. The van der Waals surface area contributed by atoms with Gasteiger partial charge in [0.25, 0.3) is 0 Å². The molecule has 0 spiro atoms. The predicted molar refractivity (Wildman–Crippen MR) is 92.2 cm³/mol. The number of rotatable bonds is 6. The van der Waals surface area contributed by atoms with E-state index in [1.165, 1.54) is 25.7 Å². The second kappa shape index (κ2) is 8.76. The molecule has 1 N–H and O–H groups in total. The SMILES string of the molecule is CCCCCC(C)NC1CCN(C(=O)OC(C)(C)C)C(C)C1. The van der Waals surface area contributed by atoms with Crippen molar-refractivity contribution in [3.05, 3.63) is 0 Å². The van der Waals surface area contributed by atoms with Crippen LogP contribution in [0.5, 0.6) is 0 Å². The quantitative estimate of drug-likeness (QED) is 0.742. The number of unbranched alkanes of at least 4 members (excludes halogenated alkanes) is 2. The summed E-state index contributed by atoms with van der Waals surface area (Å²) in [5, 5.41) is 3.74. The Kier molecular flexibility index (Phi) is 7.67. The Morgan fingerprint density at radius 2 is 2.05 bits per heavy atom. The molecule has 1 aliphatic rings. The van der Waals surface area contributed by atoms with Gasteiger partial charge in [0.15, 0.2) is 0 Å². The normalized spacial score (nSPS) is 24.2. The highest BCUT2D eigenvalue weighted by Crippen LogP contribution is 2.21. The zero-order valence-electron chi connectivity index (χ0n) is 15.4. The Hall–Kier alpha value is -0.770. The number of nitrogens with one attached hydrogen (secondary N) is 1. The molecule has 3 unspecified atom stereocenters. The van der Waals surface area contributed by atoms with Crippen molar-refractivity contribution in [1.29, 1.82) is 0 Å². The van der Waals surface area contributed by atoms with Crippen LogP contribution in [0.3, 0.4) is 0 Å². The molecule has 130 valence electrons. The van der Waals surface area contributed by atoms with Crippen LogP contribution in [-0.4, -0.2) is 41.3 Å². The second-order valence-electron chi connectivity index (χ2n) is 7.81. The average Bonchev–Trinajstić information content (AvgIpc) is 2.36. The van der Waals surface area contributed by atoms with Gasteiger partial charge in [-0.3, -0.25) is 0 Å². The van der Waals surface area contributed by atoms with Crippen LogP contribution in [0.2, 0.25) is 0 Å². The standard InChI is InChI=1S/C18H36N2O2/c1-7-8-9-10-14(2)19-16-11-12-20(15(3)13-16)17(21)22-18(4,5)6/h14-16,19H,7-13H2,1-6H3. The molecule has 4 heteroatoms. The van der Waals surface area contributed by atoms with Crippen molar-refractivity contribution in [3.63, 3.8) is 0 Å². The van der Waals surface area contributed by atoms with Crippen LogP contribution in [0.4, 0.5) is 4.79 Å². The first-order valence-corrected chi connectivity index (χ1v) is 8.98. The predicted octanol–water partition coefficient (Wildman–Crippen LogP) is 4.33. The zero-order valence-corrected chi connectivity index (χ0v) is 15.4. The number of carbonyl (C=O) groups excluding carboxylic acids is 1. The van der Waals surface area contributed by atoms with E-state index in [0.717, 1.165) is 19.4 Å². The van der Waals surface area contributed by atoms with E-state index in [1.54, 1.807) is 0 Å². The third kappa shape index (κ3) is 6.99. The van der Waals surface area contributed by atoms with Crippen molar-refractivity contribution in [3.8, 4) is 0 Å². The average molecular weight is 312 g/mol. The van der Waals surface area contributed by atoms with Crippen molar-refractivity contribution in [2.45, 2.75) is 104 Å². The Balaban J connectivity index is 2.37. The van der Waals surface area contributed by atoms with E-state index in [4.69, 9.17) is 4.74 Å². The van der Waals surface area contributed by atoms with Gasteiger partial charge in [-0.25, -0.2) is 4.79 Å². The van der Waals surface area contributed by atoms with E-state index in [0.29, 0.717) is 12.1 Å². The smallest absolute Gasteiger partial charge is 0.410 e. The van der Waals surface area contributed by atoms with E-state index >= 15 is 0 Å². The number of piperidine rings is 1. The van der Waals surface area contributed by atoms with E-state index in [-0.39, 0.29) is 12.1 Å². The van der Waals surface area contributed by atoms with Gasteiger partial charge in [0, 0.05) is 24.7 Å². The summed E-state index contributed by atoms with van der Waals surface area (Å²) in [7, 11) is 0. The molecule has 0 radical (unpaired) electrons. The summed E-state index contributed by atoms with van der Waals surface area (Å²) < 4.78 is 5.50. The molecule has 1 heterocycles. The maximum Gasteiger partial charge on any atom is 0.410 e. The first-order valence-electron chi connectivity index (χ1n) is 8.98. The molecule has 1 saturated heterocycles. The largest absolute Gasteiger partial charge is 0.444 e. The second-order valence-corrected chi connectivity index (χ2v) is 7.81. The van der Waals surface area contributed by atoms with Crippen LogP contribution in [0.25, 0.3) is 0 Å². The molecule has 0 aromatic carbocycles. The Morgan fingerprint density at radius 1 is 1.36 bits per heavy atom. The van der Waals surface area contributed by atoms with Crippen LogP contribution in [0.15, 0.2) is 0 Å². The first-order chi connectivity index (χ1) is 10.2. The topological polar surface area (TPSA) is 41.6 Å². The third-order valence-corrected chi connectivity index (χ3v) is 4.27. The Labute approximate surface area is 137 Å². The molecule has 1 rings (SSSR count). The molecule has 0 saturated carbocycles. The maximum atomic E-state index is 12.2. The van der Waals surface area contributed by atoms with Crippen molar-refractivity contribution in [2.24, 2.45) is 0 Å². The van der Waals surface area contributed by atoms with Gasteiger partial charge in [-0.05, 0) is 53.9 Å². The molecule has 1 fully saturated rings. The molecule has 22 heavy (non-hydrogen) atoms. The molecule has 1 amide bonds. The highest BCUT2D eigenvalue weighted by molar-refractivity contribution is 5.68. The minimum atomic E-state index is -0.417. The van der Waals surface area contributed by atoms with Gasteiger partial charge in [-0.2, -0.15) is 0 Å². The highest BCUT2D eigenvalue weighted by atomic mass is 16.6. The van der Waals surface area contributed by atoms with Gasteiger partial charge < -0.3 is 15.0 Å². The molecule has 0 aromatic heterocycles. The number of amides is 1. The van der Waals surface area contributed by atoms with Crippen LogP contribution in [0.1, 0.15) is 80.1 Å². The number of hydrogen-bond donors (Lipinski definition) is 1. The lowest BCUT2D eigenvalue weighted by Gasteiger charge is -2.39. The fourth-order valence-corrected chi connectivity index (χ4v) is 3.10. The molecule has 3 atom stereocenters. The van der Waals surface area contributed by atoms with E-state index < -0.39 is 5.60 Å². The number of hydrogen-bond acceptors (Lipinski definition) is 3. The van der Waals surface area contributed by atoms with Crippen LogP contribution in [-0.2, 0) is 4.74 Å². The maximum absolute atomic E-state index is 12.2. The molecule has 0 aromatic rings. The summed E-state index contributed by atoms with van der Waals surface area (Å²) in [5.74, 6) is 0. The number of nitrogens with zero attached hydrogens (tertiary/aromatic N) is 1. The van der Waals surface area contributed by atoms with Gasteiger partial charge in [0.1, 0.15) is 5.60 Å². The summed E-state index contributed by atoms with van der Waals surface area (Å²) in [4.78, 5) is 14.1. The molecular formula is C18H36N2O2. The van der Waals surface area contributed by atoms with Gasteiger partial charge >= 0.3 is 6.09 Å². The third-order valence-electron chi connectivity index (χ3n) is 4.27. The molecule has 0 aliphatic carbocycles. The van der Waals surface area contributed by atoms with Gasteiger partial charge in [0.2, 0.25) is 0 Å². The summed E-state index contributed by atoms with van der Waals surface area (Å²) in [6, 6.07) is 1.33. The Morgan fingerprint density at radius 3 is 2.59 bits per heavy atom. The molecule has 0 bridgehead atoms. The summed E-state index contributed by atoms with van der Waals surface area (Å²) >= 11 is 0. The highest BCUT2D eigenvalue weighted by Gasteiger charge is 2.31. The van der Waals surface area contributed by atoms with E-state index in [9.17, 15) is 4.79 Å². The van der Waals surface area contributed by atoms with Crippen molar-refractivity contribution < 1.29 is 9.53 Å². The van der Waals surface area contributed by atoms with Crippen molar-refractivity contribution >= 4 is 6.09 Å². The summed E-state index contributed by atoms with van der Waals surface area (Å²) in [6.45, 7) is 13.2. The molecule has 4 nitrogen and oxygen atoms in total. The van der Waals surface area contributed by atoms with E-state index in [2.05, 4.69) is 26.1 Å². The molecular weight excluding hydrogens is 276 g/mol. The molecule has 1 aliphatic heterocycles. The Bertz CT molecular complexity index is 338. The van der Waals surface area contributed by atoms with Gasteiger partial charge in [-0.1, -0.05) is 26.2 Å². The monoisotopic (exact) mass is 312 g/mol. The number of likely N-dealkylation sites (tertiary alicyclic amines) is 1. The number of carbonyl (C=O) groups is 1. The van der Waals surface area contributed by atoms with E-state index in [1.807, 2.05) is 25.7 Å². The van der Waals surface area contributed by atoms with Crippen molar-refractivity contribution in [1.82, 2.24) is 10.2 Å². The first kappa shape index (κ1) is 19.3. The van der Waals surface area contributed by atoms with Crippen molar-refractivity contribution in [2.75, 3.05) is 6.54 Å². The lowest BCUT2D eigenvalue weighted by molar-refractivity contribution is 0.00903. The van der Waals surface area contributed by atoms with Crippen LogP contribution in [0, 0.1) is 0 Å². The van der Waals surface area contributed by atoms with Crippen LogP contribution < -0.4 is 5.32 Å². The minimum Gasteiger partial charge on any atom is -0.444 e. The fraction of sp³-hybridized carbons (Fsp3) is 0.944. The summed E-state index contributed by atoms with van der Waals surface area (Å²) in [6.07, 6.45) is 7.00. The number of ether oxygens (including phenoxy) is 1. The zero-order chi connectivity index (χ0) is 16.8. The summed E-state index contributed by atoms with van der Waals surface area (Å²) in [5.41, 5.74) is -0.417. The van der Waals surface area contributed by atoms with Gasteiger partial charge in [-0.15, -0.1) is 0 Å². The van der Waals surface area contributed by atoms with Crippen LogP contribution >= 0.6 is 0 Å². The lowest BCUT2D eigenvalue weighted by Crippen LogP contribution is -2.52. The fourth-order valence-electron chi connectivity index (χ4n) is 3.10. The minimum absolute atomic E-state index is 0.172.